The quantitative estimate of drug-likeness (QED) is 0.200. The summed E-state index contributed by atoms with van der Waals surface area (Å²) < 4.78 is 43.1. The highest BCUT2D eigenvalue weighted by molar-refractivity contribution is 7.86. The first-order valence-electron chi connectivity index (χ1n) is 7.96. The number of ether oxygens (including phenoxy) is 3. The molecule has 0 spiro atoms. The van der Waals surface area contributed by atoms with Crippen LogP contribution in [0.1, 0.15) is 0 Å². The molecule has 0 radical (unpaired) electrons. The van der Waals surface area contributed by atoms with Gasteiger partial charge in [-0.15, -0.1) is 0 Å². The lowest BCUT2D eigenvalue weighted by molar-refractivity contribution is -0.352. The van der Waals surface area contributed by atoms with E-state index in [1.54, 1.807) is 0 Å². The summed E-state index contributed by atoms with van der Waals surface area (Å²) in [5.74, 6) is 0. The summed E-state index contributed by atoms with van der Waals surface area (Å²) in [6, 6.07) is 0. The van der Waals surface area contributed by atoms with E-state index in [1.165, 1.54) is 0 Å². The van der Waals surface area contributed by atoms with Crippen LogP contribution < -0.4 is 0 Å². The Labute approximate surface area is 154 Å². The van der Waals surface area contributed by atoms with Gasteiger partial charge in [0, 0.05) is 0 Å². The van der Waals surface area contributed by atoms with Gasteiger partial charge in [-0.3, -0.25) is 4.18 Å². The summed E-state index contributed by atoms with van der Waals surface area (Å²) >= 11 is 0. The predicted octanol–water partition coefficient (Wildman–Crippen LogP) is -5.41. The van der Waals surface area contributed by atoms with Gasteiger partial charge in [-0.1, -0.05) is 0 Å². The zero-order chi connectivity index (χ0) is 20.5. The molecule has 2 saturated heterocycles. The number of rotatable bonds is 6. The van der Waals surface area contributed by atoms with Crippen molar-refractivity contribution in [2.75, 3.05) is 19.5 Å². The second-order valence-electron chi connectivity index (χ2n) is 6.30. The van der Waals surface area contributed by atoms with E-state index in [4.69, 9.17) is 18.4 Å². The molecule has 2 fully saturated rings. The van der Waals surface area contributed by atoms with Crippen molar-refractivity contribution in [1.29, 1.82) is 0 Å². The molecule has 2 heterocycles. The van der Waals surface area contributed by atoms with Crippen molar-refractivity contribution in [3.63, 3.8) is 0 Å². The van der Waals surface area contributed by atoms with Crippen molar-refractivity contribution in [3.05, 3.63) is 0 Å². The number of aliphatic hydroxyl groups is 7. The van der Waals surface area contributed by atoms with E-state index in [0.717, 1.165) is 0 Å². The van der Waals surface area contributed by atoms with E-state index < -0.39 is 84.7 Å². The van der Waals surface area contributed by atoms with Gasteiger partial charge in [0.1, 0.15) is 42.7 Å². The fourth-order valence-corrected chi connectivity index (χ4v) is 3.47. The standard InChI is InChI=1S/C13H24O13S/c1-27(21,22)26-11-7(17)6(16)4(2-14)24-13(11)25-10-5(3-15)23-12(20)9(19)8(10)18/h4-20H,2-3H2,1H3/t4-,5-,6+,7+,8-,9-,10-,11-,12-,13+/m1/s1. The molecule has 0 aliphatic carbocycles. The van der Waals surface area contributed by atoms with Gasteiger partial charge in [-0.05, 0) is 0 Å². The summed E-state index contributed by atoms with van der Waals surface area (Å²) in [6.45, 7) is -1.53. The Morgan fingerprint density at radius 2 is 1.37 bits per heavy atom. The lowest BCUT2D eigenvalue weighted by Crippen LogP contribution is -2.65. The van der Waals surface area contributed by atoms with E-state index in [1.807, 2.05) is 0 Å². The van der Waals surface area contributed by atoms with Gasteiger partial charge >= 0.3 is 0 Å². The zero-order valence-corrected chi connectivity index (χ0v) is 15.0. The van der Waals surface area contributed by atoms with Crippen molar-refractivity contribution in [3.8, 4) is 0 Å². The van der Waals surface area contributed by atoms with Crippen LogP contribution in [0.4, 0.5) is 0 Å². The second kappa shape index (κ2) is 8.89. The predicted molar refractivity (Wildman–Crippen MR) is 82.3 cm³/mol. The summed E-state index contributed by atoms with van der Waals surface area (Å²) in [5, 5.41) is 68.0. The highest BCUT2D eigenvalue weighted by Crippen LogP contribution is 2.30. The van der Waals surface area contributed by atoms with Crippen molar-refractivity contribution in [2.45, 2.75) is 61.4 Å². The van der Waals surface area contributed by atoms with Crippen molar-refractivity contribution in [1.82, 2.24) is 0 Å². The van der Waals surface area contributed by atoms with Crippen LogP contribution in [0.3, 0.4) is 0 Å². The maximum absolute atomic E-state index is 11.5. The Bertz CT molecular complexity index is 583. The van der Waals surface area contributed by atoms with Crippen LogP contribution in [0.2, 0.25) is 0 Å². The van der Waals surface area contributed by atoms with Crippen molar-refractivity contribution < 1.29 is 62.6 Å². The molecule has 10 atom stereocenters. The van der Waals surface area contributed by atoms with Gasteiger partial charge in [0.25, 0.3) is 10.1 Å². The fourth-order valence-electron chi connectivity index (χ4n) is 2.86. The third kappa shape index (κ3) is 5.11. The molecule has 2 rings (SSSR count). The topological polar surface area (TPSA) is 213 Å². The minimum absolute atomic E-state index is 0.677. The van der Waals surface area contributed by atoms with Crippen molar-refractivity contribution in [2.24, 2.45) is 0 Å². The molecule has 2 aliphatic heterocycles. The highest BCUT2D eigenvalue weighted by atomic mass is 32.2. The number of aliphatic hydroxyl groups excluding tert-OH is 7. The molecule has 0 unspecified atom stereocenters. The van der Waals surface area contributed by atoms with Crippen LogP contribution in [0.25, 0.3) is 0 Å². The smallest absolute Gasteiger partial charge is 0.264 e. The van der Waals surface area contributed by atoms with Crippen LogP contribution >= 0.6 is 0 Å². The molecule has 160 valence electrons. The maximum atomic E-state index is 11.5. The summed E-state index contributed by atoms with van der Waals surface area (Å²) in [5.41, 5.74) is 0. The molecule has 0 aromatic heterocycles. The number of hydrogen-bond acceptors (Lipinski definition) is 13. The zero-order valence-electron chi connectivity index (χ0n) is 14.2. The Hall–Kier alpha value is -0.490. The first-order chi connectivity index (χ1) is 12.5. The molecule has 27 heavy (non-hydrogen) atoms. The van der Waals surface area contributed by atoms with Crippen LogP contribution in [0.15, 0.2) is 0 Å². The molecule has 0 aromatic rings. The fraction of sp³-hybridized carbons (Fsp3) is 1.00. The SMILES string of the molecule is CS(=O)(=O)O[C@H]1[C@H](O[C@H]2[C@H](O)[C@@H](O)[C@H](O)O[C@@H]2CO)O[C@H](CO)[C@H](O)[C@@H]1O. The Kier molecular flexibility index (Phi) is 7.51. The number of hydrogen-bond donors (Lipinski definition) is 7. The van der Waals surface area contributed by atoms with Crippen LogP contribution in [0.5, 0.6) is 0 Å². The summed E-state index contributed by atoms with van der Waals surface area (Å²) in [6.07, 6.45) is -16.1. The summed E-state index contributed by atoms with van der Waals surface area (Å²) in [4.78, 5) is 0. The minimum Gasteiger partial charge on any atom is -0.394 e. The average Bonchev–Trinajstić information content (AvgIpc) is 2.60. The van der Waals surface area contributed by atoms with Crippen LogP contribution in [-0.4, -0.2) is 125 Å². The third-order valence-electron chi connectivity index (χ3n) is 4.24. The lowest BCUT2D eigenvalue weighted by Gasteiger charge is -2.45. The molecule has 0 amide bonds. The third-order valence-corrected chi connectivity index (χ3v) is 4.81. The normalized spacial score (nSPS) is 46.4. The van der Waals surface area contributed by atoms with Gasteiger partial charge in [0.2, 0.25) is 0 Å². The minimum atomic E-state index is -4.16. The van der Waals surface area contributed by atoms with E-state index >= 15 is 0 Å². The second-order valence-corrected chi connectivity index (χ2v) is 7.90. The highest BCUT2D eigenvalue weighted by Gasteiger charge is 2.51. The molecule has 0 aromatic carbocycles. The lowest BCUT2D eigenvalue weighted by atomic mass is 9.97. The van der Waals surface area contributed by atoms with E-state index in [0.29, 0.717) is 6.26 Å². The Morgan fingerprint density at radius 1 is 0.815 bits per heavy atom. The Morgan fingerprint density at radius 3 is 1.89 bits per heavy atom. The molecular formula is C13H24O13S. The van der Waals surface area contributed by atoms with E-state index in [9.17, 15) is 44.2 Å². The molecular weight excluding hydrogens is 396 g/mol. The van der Waals surface area contributed by atoms with Crippen molar-refractivity contribution >= 4 is 10.1 Å². The van der Waals surface area contributed by atoms with Gasteiger partial charge < -0.3 is 50.0 Å². The first kappa shape index (κ1) is 22.8. The molecule has 7 N–H and O–H groups in total. The Balaban J connectivity index is 2.27. The maximum Gasteiger partial charge on any atom is 0.264 e. The van der Waals surface area contributed by atoms with Gasteiger partial charge in [-0.2, -0.15) is 8.42 Å². The molecule has 0 bridgehead atoms. The molecule has 13 nitrogen and oxygen atoms in total. The van der Waals surface area contributed by atoms with Crippen LogP contribution in [-0.2, 0) is 28.5 Å². The van der Waals surface area contributed by atoms with Crippen LogP contribution in [0, 0.1) is 0 Å². The van der Waals surface area contributed by atoms with E-state index in [-0.39, 0.29) is 0 Å². The summed E-state index contributed by atoms with van der Waals surface area (Å²) in [7, 11) is -4.16. The first-order valence-corrected chi connectivity index (χ1v) is 9.78. The molecule has 14 heteroatoms. The molecule has 0 saturated carbocycles. The largest absolute Gasteiger partial charge is 0.394 e. The van der Waals surface area contributed by atoms with Gasteiger partial charge in [0.15, 0.2) is 18.7 Å². The average molecular weight is 420 g/mol. The molecule has 2 aliphatic rings. The monoisotopic (exact) mass is 420 g/mol. The van der Waals surface area contributed by atoms with Gasteiger partial charge in [-0.25, -0.2) is 0 Å². The van der Waals surface area contributed by atoms with E-state index in [2.05, 4.69) is 0 Å². The van der Waals surface area contributed by atoms with Gasteiger partial charge in [0.05, 0.1) is 19.5 Å².